The van der Waals surface area contributed by atoms with Gasteiger partial charge in [0, 0.05) is 10.8 Å². The molecule has 126 valence electrons. The van der Waals surface area contributed by atoms with Crippen LogP contribution in [0.1, 0.15) is 77.6 Å². The fourth-order valence-corrected chi connectivity index (χ4v) is 10.3. The van der Waals surface area contributed by atoms with Gasteiger partial charge in [-0.3, -0.25) is 0 Å². The minimum absolute atomic E-state index is 0.176. The van der Waals surface area contributed by atoms with Crippen LogP contribution in [0, 0.1) is 16.7 Å². The first-order valence-corrected chi connectivity index (χ1v) is 11.7. The standard InChI is InChI=1S/C19H32OS2/c1-17-9-3-2-7-15(17)8-12-18(10-4-5-11-18)19(17,20)16-21-13-6-14-22-16/h15-16,20H,2-14H2,1H3. The second-order valence-corrected chi connectivity index (χ2v) is 11.3. The lowest BCUT2D eigenvalue weighted by Crippen LogP contribution is -2.68. The minimum atomic E-state index is -0.421. The van der Waals surface area contributed by atoms with E-state index in [1.807, 2.05) is 0 Å². The predicted octanol–water partition coefficient (Wildman–Crippen LogP) is 5.46. The molecule has 3 aliphatic carbocycles. The third kappa shape index (κ3) is 2.10. The Morgan fingerprint density at radius 2 is 1.50 bits per heavy atom. The summed E-state index contributed by atoms with van der Waals surface area (Å²) in [4.78, 5) is 0. The number of fused-ring (bicyclic) bond motifs is 1. The SMILES string of the molecule is CC12CCCCC1CCC1(CCCC1)C2(O)C1SCCCS1. The summed E-state index contributed by atoms with van der Waals surface area (Å²) in [5.74, 6) is 3.30. The lowest BCUT2D eigenvalue weighted by atomic mass is 9.45. The highest BCUT2D eigenvalue weighted by Crippen LogP contribution is 2.69. The lowest BCUT2D eigenvalue weighted by molar-refractivity contribution is -0.218. The molecule has 0 aromatic heterocycles. The molecule has 0 bridgehead atoms. The zero-order valence-corrected chi connectivity index (χ0v) is 15.7. The van der Waals surface area contributed by atoms with Crippen molar-refractivity contribution in [2.24, 2.45) is 16.7 Å². The van der Waals surface area contributed by atoms with Gasteiger partial charge in [-0.1, -0.05) is 32.6 Å². The first-order chi connectivity index (χ1) is 10.6. The zero-order chi connectivity index (χ0) is 15.3. The van der Waals surface area contributed by atoms with Gasteiger partial charge in [0.05, 0.1) is 10.2 Å². The van der Waals surface area contributed by atoms with Crippen LogP contribution in [0.5, 0.6) is 0 Å². The summed E-state index contributed by atoms with van der Waals surface area (Å²) in [7, 11) is 0. The third-order valence-corrected chi connectivity index (χ3v) is 10.9. The van der Waals surface area contributed by atoms with Gasteiger partial charge in [0.25, 0.3) is 0 Å². The van der Waals surface area contributed by atoms with Gasteiger partial charge in [-0.2, -0.15) is 0 Å². The van der Waals surface area contributed by atoms with Crippen molar-refractivity contribution in [3.63, 3.8) is 0 Å². The van der Waals surface area contributed by atoms with Gasteiger partial charge in [0.1, 0.15) is 0 Å². The molecule has 1 nitrogen and oxygen atoms in total. The van der Waals surface area contributed by atoms with Crippen LogP contribution in [0.4, 0.5) is 0 Å². The minimum Gasteiger partial charge on any atom is -0.387 e. The van der Waals surface area contributed by atoms with Crippen molar-refractivity contribution in [1.82, 2.24) is 0 Å². The molecular weight excluding hydrogens is 308 g/mol. The van der Waals surface area contributed by atoms with Crippen molar-refractivity contribution in [3.05, 3.63) is 0 Å². The molecule has 4 aliphatic rings. The summed E-state index contributed by atoms with van der Waals surface area (Å²) in [6, 6.07) is 0. The quantitative estimate of drug-likeness (QED) is 0.684. The summed E-state index contributed by atoms with van der Waals surface area (Å²) in [5.41, 5.74) is 0.00301. The molecule has 3 atom stereocenters. The Morgan fingerprint density at radius 3 is 2.23 bits per heavy atom. The molecule has 1 aliphatic heterocycles. The third-order valence-electron chi connectivity index (χ3n) is 7.78. The van der Waals surface area contributed by atoms with Gasteiger partial charge in [-0.05, 0) is 62.4 Å². The summed E-state index contributed by atoms with van der Waals surface area (Å²) in [6.45, 7) is 2.49. The second-order valence-electron chi connectivity index (χ2n) is 8.58. The number of aliphatic hydroxyl groups is 1. The molecule has 1 heterocycles. The van der Waals surface area contributed by atoms with Gasteiger partial charge >= 0.3 is 0 Å². The molecule has 0 amide bonds. The molecule has 3 saturated carbocycles. The van der Waals surface area contributed by atoms with Crippen LogP contribution >= 0.6 is 23.5 Å². The molecule has 1 spiro atoms. The summed E-state index contributed by atoms with van der Waals surface area (Å²) in [6.07, 6.45) is 14.7. The van der Waals surface area contributed by atoms with E-state index in [1.165, 1.54) is 82.1 Å². The normalized spacial score (nSPS) is 45.8. The largest absolute Gasteiger partial charge is 0.387 e. The Hall–Kier alpha value is 0.660. The Bertz CT molecular complexity index is 414. The monoisotopic (exact) mass is 340 g/mol. The summed E-state index contributed by atoms with van der Waals surface area (Å²) >= 11 is 4.19. The molecule has 0 aromatic carbocycles. The summed E-state index contributed by atoms with van der Waals surface area (Å²) < 4.78 is 0.435. The average molecular weight is 341 g/mol. The predicted molar refractivity (Wildman–Crippen MR) is 98.5 cm³/mol. The molecule has 4 rings (SSSR count). The smallest absolute Gasteiger partial charge is 0.0968 e. The second kappa shape index (κ2) is 5.88. The van der Waals surface area contributed by atoms with E-state index in [2.05, 4.69) is 30.4 Å². The highest BCUT2D eigenvalue weighted by molar-refractivity contribution is 8.17. The van der Waals surface area contributed by atoms with E-state index in [-0.39, 0.29) is 10.8 Å². The molecule has 1 saturated heterocycles. The van der Waals surface area contributed by atoms with Crippen LogP contribution < -0.4 is 0 Å². The maximum atomic E-state index is 12.5. The average Bonchev–Trinajstić information content (AvgIpc) is 3.03. The Balaban J connectivity index is 1.77. The van der Waals surface area contributed by atoms with Crippen LogP contribution in [-0.4, -0.2) is 26.8 Å². The van der Waals surface area contributed by atoms with Crippen LogP contribution in [0.2, 0.25) is 0 Å². The number of thioether (sulfide) groups is 2. The van der Waals surface area contributed by atoms with Gasteiger partial charge in [-0.15, -0.1) is 23.5 Å². The molecule has 0 aromatic rings. The molecule has 3 heteroatoms. The first kappa shape index (κ1) is 16.1. The van der Waals surface area contributed by atoms with E-state index >= 15 is 0 Å². The highest BCUT2D eigenvalue weighted by atomic mass is 32.2. The molecular formula is C19H32OS2. The fourth-order valence-electron chi connectivity index (χ4n) is 6.55. The van der Waals surface area contributed by atoms with Crippen molar-refractivity contribution in [2.75, 3.05) is 11.5 Å². The van der Waals surface area contributed by atoms with Crippen LogP contribution in [-0.2, 0) is 0 Å². The topological polar surface area (TPSA) is 20.2 Å². The van der Waals surface area contributed by atoms with Gasteiger partial charge < -0.3 is 5.11 Å². The Kier molecular flexibility index (Phi) is 4.31. The van der Waals surface area contributed by atoms with Crippen molar-refractivity contribution < 1.29 is 5.11 Å². The maximum Gasteiger partial charge on any atom is 0.0968 e. The zero-order valence-electron chi connectivity index (χ0n) is 14.1. The van der Waals surface area contributed by atoms with Crippen LogP contribution in [0.3, 0.4) is 0 Å². The maximum absolute atomic E-state index is 12.5. The van der Waals surface area contributed by atoms with E-state index < -0.39 is 5.60 Å². The molecule has 3 unspecified atom stereocenters. The first-order valence-electron chi connectivity index (χ1n) is 9.58. The molecule has 22 heavy (non-hydrogen) atoms. The summed E-state index contributed by atoms with van der Waals surface area (Å²) in [5, 5.41) is 12.5. The van der Waals surface area contributed by atoms with E-state index in [1.54, 1.807) is 0 Å². The molecule has 0 radical (unpaired) electrons. The van der Waals surface area contributed by atoms with E-state index in [0.29, 0.717) is 4.58 Å². The van der Waals surface area contributed by atoms with Crippen molar-refractivity contribution in [3.8, 4) is 0 Å². The van der Waals surface area contributed by atoms with E-state index in [9.17, 15) is 5.11 Å². The number of hydrogen-bond acceptors (Lipinski definition) is 3. The molecule has 1 N–H and O–H groups in total. The van der Waals surface area contributed by atoms with Gasteiger partial charge in [0.2, 0.25) is 0 Å². The van der Waals surface area contributed by atoms with Crippen LogP contribution in [0.15, 0.2) is 0 Å². The number of hydrogen-bond donors (Lipinski definition) is 1. The van der Waals surface area contributed by atoms with Crippen molar-refractivity contribution >= 4 is 23.5 Å². The van der Waals surface area contributed by atoms with Gasteiger partial charge in [-0.25, -0.2) is 0 Å². The van der Waals surface area contributed by atoms with Crippen molar-refractivity contribution in [2.45, 2.75) is 87.7 Å². The van der Waals surface area contributed by atoms with Crippen molar-refractivity contribution in [1.29, 1.82) is 0 Å². The van der Waals surface area contributed by atoms with Crippen LogP contribution in [0.25, 0.3) is 0 Å². The van der Waals surface area contributed by atoms with E-state index in [0.717, 1.165) is 5.92 Å². The van der Waals surface area contributed by atoms with Gasteiger partial charge in [0.15, 0.2) is 0 Å². The fraction of sp³-hybridized carbons (Fsp3) is 1.00. The Morgan fingerprint density at radius 1 is 0.818 bits per heavy atom. The highest BCUT2D eigenvalue weighted by Gasteiger charge is 2.68. The lowest BCUT2D eigenvalue weighted by Gasteiger charge is -2.66. The van der Waals surface area contributed by atoms with E-state index in [4.69, 9.17) is 0 Å². The number of rotatable bonds is 1. The Labute approximate surface area is 144 Å². The molecule has 4 fully saturated rings.